The molecule has 2 aliphatic rings. The minimum Gasteiger partial charge on any atom is -0.310 e. The van der Waals surface area contributed by atoms with Gasteiger partial charge in [0.05, 0.1) is 13.1 Å². The Morgan fingerprint density at radius 2 is 1.59 bits per heavy atom. The highest BCUT2D eigenvalue weighted by atomic mass is 16.2. The van der Waals surface area contributed by atoms with Crippen molar-refractivity contribution in [2.24, 2.45) is 0 Å². The molecule has 3 nitrogen and oxygen atoms in total. The van der Waals surface area contributed by atoms with Crippen LogP contribution in [0, 0.1) is 13.8 Å². The summed E-state index contributed by atoms with van der Waals surface area (Å²) in [5, 5.41) is 0. The average molecular weight is 364 g/mol. The van der Waals surface area contributed by atoms with E-state index in [4.69, 9.17) is 0 Å². The predicted molar refractivity (Wildman–Crippen MR) is 111 cm³/mol. The maximum absolute atomic E-state index is 13.6. The Balaban J connectivity index is 1.65. The van der Waals surface area contributed by atoms with Crippen LogP contribution in [0.3, 0.4) is 0 Å². The molecule has 0 saturated carbocycles. The van der Waals surface area contributed by atoms with Crippen molar-refractivity contribution in [1.29, 1.82) is 0 Å². The molecule has 3 heteroatoms. The lowest BCUT2D eigenvalue weighted by Gasteiger charge is -2.45. The van der Waals surface area contributed by atoms with Crippen molar-refractivity contribution in [3.8, 4) is 0 Å². The van der Waals surface area contributed by atoms with Crippen LogP contribution < -0.4 is 4.90 Å². The van der Waals surface area contributed by atoms with E-state index < -0.39 is 0 Å². The fraction of sp³-hybridized carbons (Fsp3) is 0.458. The number of hydrogen-bond donors (Lipinski definition) is 0. The van der Waals surface area contributed by atoms with Gasteiger partial charge in [0, 0.05) is 24.2 Å². The van der Waals surface area contributed by atoms with E-state index in [1.165, 1.54) is 36.0 Å². The molecule has 1 unspecified atom stereocenters. The number of benzene rings is 2. The Hall–Kier alpha value is -2.13. The van der Waals surface area contributed by atoms with E-state index in [2.05, 4.69) is 67.3 Å². The van der Waals surface area contributed by atoms with E-state index in [1.807, 2.05) is 0 Å². The molecule has 0 aliphatic carbocycles. The second-order valence-electron chi connectivity index (χ2n) is 8.40. The molecule has 0 spiro atoms. The highest BCUT2D eigenvalue weighted by molar-refractivity contribution is 6.00. The van der Waals surface area contributed by atoms with E-state index in [0.717, 1.165) is 42.8 Å². The third kappa shape index (κ3) is 3.41. The van der Waals surface area contributed by atoms with Crippen molar-refractivity contribution >= 4 is 11.6 Å². The van der Waals surface area contributed by atoms with Crippen molar-refractivity contribution in [3.63, 3.8) is 0 Å². The molecule has 142 valence electrons. The van der Waals surface area contributed by atoms with Gasteiger partial charge in [0.25, 0.3) is 5.91 Å². The minimum atomic E-state index is 0.101. The van der Waals surface area contributed by atoms with Crippen LogP contribution in [0.2, 0.25) is 0 Å². The average Bonchev–Trinajstić information content (AvgIpc) is 3.05. The molecule has 2 fully saturated rings. The first-order valence-corrected chi connectivity index (χ1v) is 10.4. The van der Waals surface area contributed by atoms with Gasteiger partial charge in [0.15, 0.2) is 6.04 Å². The third-order valence-corrected chi connectivity index (χ3v) is 6.59. The smallest absolute Gasteiger partial charge is 0.285 e. The maximum atomic E-state index is 13.6. The van der Waals surface area contributed by atoms with E-state index >= 15 is 0 Å². The Morgan fingerprint density at radius 1 is 0.926 bits per heavy atom. The molecule has 2 aliphatic heterocycles. The number of piperidine rings is 1. The van der Waals surface area contributed by atoms with Gasteiger partial charge in [0.2, 0.25) is 0 Å². The van der Waals surface area contributed by atoms with Crippen molar-refractivity contribution < 1.29 is 9.28 Å². The molecule has 2 aromatic carbocycles. The first-order valence-electron chi connectivity index (χ1n) is 10.4. The third-order valence-electron chi connectivity index (χ3n) is 6.59. The van der Waals surface area contributed by atoms with Crippen LogP contribution in [0.25, 0.3) is 0 Å². The van der Waals surface area contributed by atoms with Crippen LogP contribution in [0.15, 0.2) is 48.5 Å². The topological polar surface area (TPSA) is 20.3 Å². The molecule has 0 N–H and O–H groups in total. The van der Waals surface area contributed by atoms with Crippen LogP contribution >= 0.6 is 0 Å². The number of rotatable bonds is 4. The number of hydrogen-bond acceptors (Lipinski definition) is 1. The molecule has 2 heterocycles. The predicted octanol–water partition coefficient (Wildman–Crippen LogP) is 4.61. The molecule has 2 aromatic rings. The lowest BCUT2D eigenvalue weighted by Crippen LogP contribution is -2.60. The van der Waals surface area contributed by atoms with Gasteiger partial charge in [-0.3, -0.25) is 4.79 Å². The summed E-state index contributed by atoms with van der Waals surface area (Å²) in [7, 11) is 0. The number of carbonyl (C=O) groups excluding carboxylic acids is 1. The monoisotopic (exact) mass is 363 g/mol. The fourth-order valence-electron chi connectivity index (χ4n) is 5.30. The van der Waals surface area contributed by atoms with Gasteiger partial charge in [-0.05, 0) is 44.2 Å². The molecule has 27 heavy (non-hydrogen) atoms. The number of para-hydroxylation sites is 1. The molecule has 1 amide bonds. The lowest BCUT2D eigenvalue weighted by molar-refractivity contribution is -0.958. The zero-order valence-electron chi connectivity index (χ0n) is 16.7. The van der Waals surface area contributed by atoms with Gasteiger partial charge >= 0.3 is 0 Å². The van der Waals surface area contributed by atoms with E-state index in [0.29, 0.717) is 5.91 Å². The summed E-state index contributed by atoms with van der Waals surface area (Å²) in [5.74, 6) is 0.338. The molecular weight excluding hydrogens is 332 g/mol. The first-order chi connectivity index (χ1) is 13.1. The summed E-state index contributed by atoms with van der Waals surface area (Å²) in [4.78, 5) is 15.7. The Kier molecular flexibility index (Phi) is 5.05. The van der Waals surface area contributed by atoms with Gasteiger partial charge < -0.3 is 9.38 Å². The van der Waals surface area contributed by atoms with E-state index in [1.54, 1.807) is 0 Å². The summed E-state index contributed by atoms with van der Waals surface area (Å²) in [6.45, 7) is 8.34. The quantitative estimate of drug-likeness (QED) is 0.727. The van der Waals surface area contributed by atoms with Crippen molar-refractivity contribution in [3.05, 3.63) is 65.2 Å². The molecule has 0 aromatic heterocycles. The fourth-order valence-corrected chi connectivity index (χ4v) is 5.30. The summed E-state index contributed by atoms with van der Waals surface area (Å²) >= 11 is 0. The van der Waals surface area contributed by atoms with Gasteiger partial charge in [-0.25, -0.2) is 0 Å². The Morgan fingerprint density at radius 3 is 2.26 bits per heavy atom. The summed E-state index contributed by atoms with van der Waals surface area (Å²) in [6, 6.07) is 17.2. The standard InChI is InChI=1S/C24H31N2O/c1-19-10-9-11-20(2)23(19)25-15-14-22(24(25)27)26(16-7-4-8-17-26)18-21-12-5-3-6-13-21/h3,5-6,9-13,22H,4,7-8,14-18H2,1-2H3/q+1. The summed E-state index contributed by atoms with van der Waals surface area (Å²) in [6.07, 6.45) is 4.75. The molecule has 0 bridgehead atoms. The van der Waals surface area contributed by atoms with E-state index in [-0.39, 0.29) is 6.04 Å². The molecule has 1 atom stereocenters. The zero-order chi connectivity index (χ0) is 18.9. The lowest BCUT2D eigenvalue weighted by atomic mass is 9.99. The van der Waals surface area contributed by atoms with Crippen LogP contribution in [-0.2, 0) is 11.3 Å². The largest absolute Gasteiger partial charge is 0.310 e. The van der Waals surface area contributed by atoms with Crippen LogP contribution in [0.1, 0.15) is 42.4 Å². The zero-order valence-corrected chi connectivity index (χ0v) is 16.7. The number of amides is 1. The molecule has 4 rings (SSSR count). The second-order valence-corrected chi connectivity index (χ2v) is 8.40. The van der Waals surface area contributed by atoms with Gasteiger partial charge in [0.1, 0.15) is 6.54 Å². The number of likely N-dealkylation sites (tertiary alicyclic amines) is 1. The van der Waals surface area contributed by atoms with Crippen molar-refractivity contribution in [2.45, 2.75) is 52.1 Å². The highest BCUT2D eigenvalue weighted by Gasteiger charge is 2.48. The Bertz CT molecular complexity index is 788. The van der Waals surface area contributed by atoms with Gasteiger partial charge in [-0.15, -0.1) is 0 Å². The van der Waals surface area contributed by atoms with E-state index in [9.17, 15) is 4.79 Å². The van der Waals surface area contributed by atoms with Crippen molar-refractivity contribution in [2.75, 3.05) is 24.5 Å². The number of quaternary nitrogens is 1. The van der Waals surface area contributed by atoms with Crippen LogP contribution in [-0.4, -0.2) is 36.1 Å². The summed E-state index contributed by atoms with van der Waals surface area (Å²) in [5.41, 5.74) is 4.91. The SMILES string of the molecule is Cc1cccc(C)c1N1CCC([N+]2(Cc3ccccc3)CCCCC2)C1=O. The second kappa shape index (κ2) is 7.47. The number of aryl methyl sites for hydroxylation is 2. The first kappa shape index (κ1) is 18.2. The van der Waals surface area contributed by atoms with Gasteiger partial charge in [-0.2, -0.15) is 0 Å². The van der Waals surface area contributed by atoms with Gasteiger partial charge in [-0.1, -0.05) is 48.5 Å². The number of nitrogens with zero attached hydrogens (tertiary/aromatic N) is 2. The van der Waals surface area contributed by atoms with Crippen molar-refractivity contribution in [1.82, 2.24) is 0 Å². The Labute approximate surface area is 163 Å². The normalized spacial score (nSPS) is 22.2. The minimum absolute atomic E-state index is 0.101. The molecule has 2 saturated heterocycles. The molecular formula is C24H31N2O+. The highest BCUT2D eigenvalue weighted by Crippen LogP contribution is 2.36. The molecule has 0 radical (unpaired) electrons. The van der Waals surface area contributed by atoms with Crippen LogP contribution in [0.4, 0.5) is 5.69 Å². The number of anilines is 1. The van der Waals surface area contributed by atoms with Crippen LogP contribution in [0.5, 0.6) is 0 Å². The number of carbonyl (C=O) groups is 1. The summed E-state index contributed by atoms with van der Waals surface area (Å²) < 4.78 is 0.949. The maximum Gasteiger partial charge on any atom is 0.285 e.